The molecule has 0 fully saturated rings. The van der Waals surface area contributed by atoms with Crippen molar-refractivity contribution in [2.24, 2.45) is 0 Å². The van der Waals surface area contributed by atoms with E-state index in [2.05, 4.69) is 39.0 Å². The molecule has 1 rings (SSSR count). The van der Waals surface area contributed by atoms with Crippen LogP contribution in [0.15, 0.2) is 17.7 Å². The molecular formula is C11H17Cl2STi. The zero-order valence-electron chi connectivity index (χ0n) is 9.44. The third-order valence-corrected chi connectivity index (χ3v) is 2.95. The van der Waals surface area contributed by atoms with E-state index in [0.29, 0.717) is 4.75 Å². The Morgan fingerprint density at radius 2 is 1.93 bits per heavy atom. The molecule has 0 heterocycles. The molecule has 0 saturated heterocycles. The number of halogens is 2. The van der Waals surface area contributed by atoms with E-state index in [1.165, 1.54) is 17.7 Å². The molecule has 0 bridgehead atoms. The van der Waals surface area contributed by atoms with Crippen LogP contribution in [0.1, 0.15) is 33.6 Å². The van der Waals surface area contributed by atoms with Gasteiger partial charge in [-0.2, -0.15) is 17.8 Å². The van der Waals surface area contributed by atoms with Gasteiger partial charge in [-0.25, -0.2) is 11.6 Å². The fourth-order valence-corrected chi connectivity index (χ4v) is 2.02. The molecule has 0 nitrogen and oxygen atoms in total. The van der Waals surface area contributed by atoms with E-state index >= 15 is 0 Å². The first-order chi connectivity index (χ1) is 5.58. The molecule has 85 valence electrons. The first-order valence-corrected chi connectivity index (χ1v) is 5.47. The Kier molecular flexibility index (Phi) is 14.7. The predicted octanol–water partition coefficient (Wildman–Crippen LogP) is -2.40. The van der Waals surface area contributed by atoms with Crippen LogP contribution in [0.3, 0.4) is 0 Å². The van der Waals surface area contributed by atoms with Gasteiger partial charge in [0.15, 0.2) is 0 Å². The fourth-order valence-electron chi connectivity index (χ4n) is 1.09. The monoisotopic (exact) mass is 299 g/mol. The van der Waals surface area contributed by atoms with Crippen molar-refractivity contribution >= 4 is 11.8 Å². The second kappa shape index (κ2) is 10.3. The maximum Gasteiger partial charge on any atom is 3.00 e. The summed E-state index contributed by atoms with van der Waals surface area (Å²) in [5.74, 6) is 1.22. The molecule has 0 amide bonds. The average Bonchev–Trinajstić information content (AvgIpc) is 2.36. The van der Waals surface area contributed by atoms with Crippen molar-refractivity contribution in [3.63, 3.8) is 0 Å². The minimum absolute atomic E-state index is 0. The molecular weight excluding hydrogens is 283 g/mol. The van der Waals surface area contributed by atoms with Crippen molar-refractivity contribution < 1.29 is 46.5 Å². The van der Waals surface area contributed by atoms with E-state index in [1.54, 1.807) is 0 Å². The van der Waals surface area contributed by atoms with Crippen LogP contribution in [-0.4, -0.2) is 10.5 Å². The molecule has 1 aliphatic rings. The fraction of sp³-hybridized carbons (Fsp3) is 0.636. The Morgan fingerprint density at radius 3 is 2.33 bits per heavy atom. The Bertz CT molecular complexity index is 207. The molecule has 4 heteroatoms. The Balaban J connectivity index is -0.000000480. The van der Waals surface area contributed by atoms with Crippen LogP contribution in [0.25, 0.3) is 0 Å². The Hall–Kier alpha value is 1.12. The average molecular weight is 300 g/mol. The van der Waals surface area contributed by atoms with E-state index in [9.17, 15) is 0 Å². The molecule has 0 aromatic carbocycles. The van der Waals surface area contributed by atoms with Crippen molar-refractivity contribution in [2.75, 3.05) is 5.75 Å². The smallest absolute Gasteiger partial charge is 1.00 e. The molecule has 1 aliphatic carbocycles. The number of hydrogen-bond donors (Lipinski definition) is 0. The van der Waals surface area contributed by atoms with Crippen molar-refractivity contribution in [2.45, 2.75) is 38.4 Å². The third-order valence-electron chi connectivity index (χ3n) is 1.67. The molecule has 1 radical (unpaired) electrons. The summed E-state index contributed by atoms with van der Waals surface area (Å²) in [6.45, 7) is 6.79. The molecule has 0 N–H and O–H groups in total. The van der Waals surface area contributed by atoms with Gasteiger partial charge in [0.05, 0.1) is 0 Å². The molecule has 0 spiro atoms. The second-order valence-electron chi connectivity index (χ2n) is 4.02. The van der Waals surface area contributed by atoms with Crippen LogP contribution in [0.2, 0.25) is 0 Å². The van der Waals surface area contributed by atoms with Crippen LogP contribution in [0.5, 0.6) is 0 Å². The van der Waals surface area contributed by atoms with Gasteiger partial charge in [0.1, 0.15) is 0 Å². The molecule has 0 unspecified atom stereocenters. The first kappa shape index (κ1) is 21.4. The van der Waals surface area contributed by atoms with Gasteiger partial charge in [0, 0.05) is 4.75 Å². The zero-order valence-corrected chi connectivity index (χ0v) is 13.3. The largest absolute Gasteiger partial charge is 3.00 e. The second-order valence-corrected chi connectivity index (χ2v) is 5.94. The molecule has 0 saturated carbocycles. The number of thioether (sulfide) groups is 1. The van der Waals surface area contributed by atoms with Gasteiger partial charge in [0.25, 0.3) is 0 Å². The van der Waals surface area contributed by atoms with E-state index in [0.717, 1.165) is 6.42 Å². The first-order valence-electron chi connectivity index (χ1n) is 4.48. The number of allylic oxidation sites excluding steroid dienone is 4. The molecule has 0 aromatic heterocycles. The molecule has 0 atom stereocenters. The van der Waals surface area contributed by atoms with E-state index in [-0.39, 0.29) is 46.5 Å². The van der Waals surface area contributed by atoms with Crippen LogP contribution < -0.4 is 24.8 Å². The topological polar surface area (TPSA) is 0 Å². The summed E-state index contributed by atoms with van der Waals surface area (Å²) in [7, 11) is 0. The minimum atomic E-state index is 0. The van der Waals surface area contributed by atoms with Gasteiger partial charge in [-0.15, -0.1) is 6.42 Å². The minimum Gasteiger partial charge on any atom is -1.00 e. The number of hydrogen-bond acceptors (Lipinski definition) is 1. The van der Waals surface area contributed by atoms with Crippen LogP contribution in [0.4, 0.5) is 0 Å². The van der Waals surface area contributed by atoms with E-state index < -0.39 is 0 Å². The predicted molar refractivity (Wildman–Crippen MR) is 57.3 cm³/mol. The van der Waals surface area contributed by atoms with Gasteiger partial charge in [-0.3, -0.25) is 6.08 Å². The third kappa shape index (κ3) is 11.4. The normalized spacial score (nSPS) is 13.4. The standard InChI is InChI=1S/C11H17S.2ClH.Ti/c1-11(2,3)12-9-8-10-6-4-5-7-10;;;/h4,6H,5,8-9H2,1-3H3;2*1H;/q-1;;;+3/p-2. The summed E-state index contributed by atoms with van der Waals surface area (Å²) < 4.78 is 0.406. The molecule has 15 heavy (non-hydrogen) atoms. The van der Waals surface area contributed by atoms with Crippen LogP contribution in [0, 0.1) is 6.08 Å². The van der Waals surface area contributed by atoms with Crippen LogP contribution in [-0.2, 0) is 21.7 Å². The zero-order chi connectivity index (χ0) is 9.03. The molecule has 0 aromatic rings. The van der Waals surface area contributed by atoms with E-state index in [4.69, 9.17) is 0 Å². The summed E-state index contributed by atoms with van der Waals surface area (Å²) in [6, 6.07) is 0. The van der Waals surface area contributed by atoms with Crippen LogP contribution >= 0.6 is 11.8 Å². The van der Waals surface area contributed by atoms with Gasteiger partial charge in [-0.05, 0) is 5.75 Å². The Labute approximate surface area is 125 Å². The summed E-state index contributed by atoms with van der Waals surface area (Å²) in [6.07, 6.45) is 9.91. The van der Waals surface area contributed by atoms with Gasteiger partial charge in [0.2, 0.25) is 0 Å². The summed E-state index contributed by atoms with van der Waals surface area (Å²) in [4.78, 5) is 0. The van der Waals surface area contributed by atoms with Gasteiger partial charge < -0.3 is 24.8 Å². The van der Waals surface area contributed by atoms with Crippen molar-refractivity contribution in [1.82, 2.24) is 0 Å². The van der Waals surface area contributed by atoms with Crippen molar-refractivity contribution in [3.8, 4) is 0 Å². The number of rotatable bonds is 3. The van der Waals surface area contributed by atoms with Crippen molar-refractivity contribution in [1.29, 1.82) is 0 Å². The molecule has 0 aliphatic heterocycles. The Morgan fingerprint density at radius 1 is 1.33 bits per heavy atom. The summed E-state index contributed by atoms with van der Waals surface area (Å²) in [5.41, 5.74) is 1.40. The maximum atomic E-state index is 3.34. The maximum absolute atomic E-state index is 3.34. The van der Waals surface area contributed by atoms with E-state index in [1.807, 2.05) is 11.8 Å². The quantitative estimate of drug-likeness (QED) is 0.414. The summed E-state index contributed by atoms with van der Waals surface area (Å²) in [5, 5.41) is 0. The summed E-state index contributed by atoms with van der Waals surface area (Å²) >= 11 is 2.03. The van der Waals surface area contributed by atoms with Gasteiger partial charge in [-0.1, -0.05) is 27.2 Å². The van der Waals surface area contributed by atoms with Crippen molar-refractivity contribution in [3.05, 3.63) is 23.8 Å². The van der Waals surface area contributed by atoms with Gasteiger partial charge >= 0.3 is 21.7 Å². The SMILES string of the molecule is CC(C)(C)SCCC1=[C-]CC=C1.[Cl-].[Cl-].[Ti+3].